The number of nitrogens with two attached hydrogens (primary N) is 1. The minimum atomic E-state index is 0.343. The van der Waals surface area contributed by atoms with Crippen LogP contribution < -0.4 is 5.73 Å². The summed E-state index contributed by atoms with van der Waals surface area (Å²) in [6.07, 6.45) is 4.35. The van der Waals surface area contributed by atoms with Gasteiger partial charge in [0.05, 0.1) is 0 Å². The molecule has 0 saturated heterocycles. The van der Waals surface area contributed by atoms with E-state index in [0.717, 1.165) is 19.0 Å². The van der Waals surface area contributed by atoms with Crippen LogP contribution in [0.3, 0.4) is 0 Å². The Balaban J connectivity index is 2.49. The fourth-order valence-corrected chi connectivity index (χ4v) is 2.00. The molecule has 0 bridgehead atoms. The lowest BCUT2D eigenvalue weighted by Gasteiger charge is -2.29. The second-order valence-electron chi connectivity index (χ2n) is 3.92. The van der Waals surface area contributed by atoms with E-state index >= 15 is 0 Å². The molecule has 4 nitrogen and oxygen atoms in total. The fourth-order valence-electron chi connectivity index (χ4n) is 2.00. The van der Waals surface area contributed by atoms with Gasteiger partial charge in [0, 0.05) is 18.5 Å². The van der Waals surface area contributed by atoms with Crippen LogP contribution in [0.2, 0.25) is 0 Å². The van der Waals surface area contributed by atoms with Crippen molar-refractivity contribution in [3.63, 3.8) is 0 Å². The second kappa shape index (κ2) is 5.20. The molecule has 1 rings (SSSR count). The Hall–Kier alpha value is -0.770. The van der Waals surface area contributed by atoms with Gasteiger partial charge in [-0.05, 0) is 25.8 Å². The molecule has 0 aliphatic heterocycles. The van der Waals surface area contributed by atoms with E-state index in [1.54, 1.807) is 0 Å². The molecule has 82 valence electrons. The summed E-state index contributed by atoms with van der Waals surface area (Å²) in [6, 6.07) is 1.18. The highest BCUT2D eigenvalue weighted by Crippen LogP contribution is 2.29. The van der Waals surface area contributed by atoms with Crippen LogP contribution in [0.5, 0.6) is 0 Å². The van der Waals surface area contributed by atoms with Crippen LogP contribution in [0.15, 0.2) is 5.16 Å². The molecule has 0 aromatic rings. The van der Waals surface area contributed by atoms with Gasteiger partial charge in [-0.3, -0.25) is 4.90 Å². The van der Waals surface area contributed by atoms with Crippen molar-refractivity contribution in [2.24, 2.45) is 10.9 Å². The number of rotatable bonds is 6. The number of hydrogen-bond acceptors (Lipinski definition) is 3. The molecule has 1 unspecified atom stereocenters. The van der Waals surface area contributed by atoms with E-state index in [9.17, 15) is 0 Å². The van der Waals surface area contributed by atoms with Gasteiger partial charge >= 0.3 is 0 Å². The van der Waals surface area contributed by atoms with Crippen molar-refractivity contribution in [1.82, 2.24) is 4.90 Å². The van der Waals surface area contributed by atoms with Crippen molar-refractivity contribution >= 4 is 5.84 Å². The Morgan fingerprint density at radius 1 is 1.57 bits per heavy atom. The Morgan fingerprint density at radius 2 is 2.21 bits per heavy atom. The van der Waals surface area contributed by atoms with Gasteiger partial charge in [-0.2, -0.15) is 0 Å². The number of oxime groups is 1. The molecule has 4 heteroatoms. The summed E-state index contributed by atoms with van der Waals surface area (Å²) in [6.45, 7) is 5.38. The minimum absolute atomic E-state index is 0.343. The molecule has 1 saturated carbocycles. The average molecular weight is 199 g/mol. The van der Waals surface area contributed by atoms with Crippen LogP contribution in [-0.2, 0) is 0 Å². The molecule has 0 radical (unpaired) electrons. The van der Waals surface area contributed by atoms with Crippen molar-refractivity contribution in [1.29, 1.82) is 0 Å². The van der Waals surface area contributed by atoms with Gasteiger partial charge in [-0.25, -0.2) is 0 Å². The first-order valence-corrected chi connectivity index (χ1v) is 5.45. The van der Waals surface area contributed by atoms with E-state index < -0.39 is 0 Å². The number of hydrogen-bond donors (Lipinski definition) is 2. The minimum Gasteiger partial charge on any atom is -0.409 e. The highest BCUT2D eigenvalue weighted by Gasteiger charge is 2.32. The molecule has 3 N–H and O–H groups in total. The summed E-state index contributed by atoms with van der Waals surface area (Å²) < 4.78 is 0. The zero-order valence-electron chi connectivity index (χ0n) is 9.11. The van der Waals surface area contributed by atoms with E-state index in [2.05, 4.69) is 23.9 Å². The Kier molecular flexibility index (Phi) is 4.20. The van der Waals surface area contributed by atoms with Gasteiger partial charge < -0.3 is 10.9 Å². The maximum atomic E-state index is 8.53. The predicted molar refractivity (Wildman–Crippen MR) is 57.5 cm³/mol. The van der Waals surface area contributed by atoms with E-state index in [0.29, 0.717) is 18.3 Å². The second-order valence-corrected chi connectivity index (χ2v) is 3.92. The zero-order chi connectivity index (χ0) is 10.6. The lowest BCUT2D eigenvalue weighted by molar-refractivity contribution is 0.193. The van der Waals surface area contributed by atoms with Crippen LogP contribution in [0, 0.1) is 0 Å². The number of nitrogens with zero attached hydrogens (tertiary/aromatic N) is 2. The van der Waals surface area contributed by atoms with E-state index in [1.807, 2.05) is 0 Å². The molecule has 0 aromatic carbocycles. The van der Waals surface area contributed by atoms with Gasteiger partial charge in [0.25, 0.3) is 0 Å². The molecule has 1 aliphatic rings. The normalized spacial score (nSPS) is 20.1. The molecule has 0 spiro atoms. The maximum Gasteiger partial charge on any atom is 0.140 e. The molecule has 1 aliphatic carbocycles. The van der Waals surface area contributed by atoms with E-state index in [-0.39, 0.29) is 0 Å². The molecule has 1 fully saturated rings. The number of amidine groups is 1. The van der Waals surface area contributed by atoms with Gasteiger partial charge in [0.1, 0.15) is 5.84 Å². The van der Waals surface area contributed by atoms with Crippen LogP contribution in [0.25, 0.3) is 0 Å². The summed E-state index contributed by atoms with van der Waals surface area (Å²) in [7, 11) is 0. The summed E-state index contributed by atoms with van der Waals surface area (Å²) in [4.78, 5) is 2.47. The van der Waals surface area contributed by atoms with Gasteiger partial charge in [0.2, 0.25) is 0 Å². The summed E-state index contributed by atoms with van der Waals surface area (Å²) in [5.41, 5.74) is 5.54. The average Bonchev–Trinajstić information content (AvgIpc) is 3.01. The Bertz CT molecular complexity index is 202. The first kappa shape index (κ1) is 11.3. The predicted octanol–water partition coefficient (Wildman–Crippen LogP) is 1.39. The standard InChI is InChI=1S/C10H21N3O/c1-3-8(7-10(11)12-14)13(4-2)9-5-6-9/h8-9,14H,3-7H2,1-2H3,(H2,11,12). The largest absolute Gasteiger partial charge is 0.409 e. The van der Waals surface area contributed by atoms with Gasteiger partial charge in [-0.15, -0.1) is 0 Å². The van der Waals surface area contributed by atoms with Crippen molar-refractivity contribution in [3.8, 4) is 0 Å². The first-order chi connectivity index (χ1) is 6.72. The highest BCUT2D eigenvalue weighted by atomic mass is 16.4. The van der Waals surface area contributed by atoms with Crippen molar-refractivity contribution in [3.05, 3.63) is 0 Å². The molecule has 0 heterocycles. The lowest BCUT2D eigenvalue weighted by atomic mass is 10.1. The molecular formula is C10H21N3O. The summed E-state index contributed by atoms with van der Waals surface area (Å²) in [5, 5.41) is 11.6. The van der Waals surface area contributed by atoms with Gasteiger partial charge in [0.15, 0.2) is 0 Å². The molecule has 0 aromatic heterocycles. The van der Waals surface area contributed by atoms with E-state index in [1.165, 1.54) is 12.8 Å². The molecular weight excluding hydrogens is 178 g/mol. The first-order valence-electron chi connectivity index (χ1n) is 5.45. The molecule has 1 atom stereocenters. The monoisotopic (exact) mass is 199 g/mol. The van der Waals surface area contributed by atoms with Crippen LogP contribution >= 0.6 is 0 Å². The lowest BCUT2D eigenvalue weighted by Crippen LogP contribution is -2.39. The highest BCUT2D eigenvalue weighted by molar-refractivity contribution is 5.80. The quantitative estimate of drug-likeness (QED) is 0.294. The smallest absolute Gasteiger partial charge is 0.140 e. The third-order valence-electron chi connectivity index (χ3n) is 2.89. The van der Waals surface area contributed by atoms with Crippen molar-refractivity contribution in [2.75, 3.05) is 6.54 Å². The summed E-state index contributed by atoms with van der Waals surface area (Å²) in [5.74, 6) is 0.343. The Morgan fingerprint density at radius 3 is 2.57 bits per heavy atom. The maximum absolute atomic E-state index is 8.53. The third-order valence-corrected chi connectivity index (χ3v) is 2.89. The molecule has 0 amide bonds. The molecule has 14 heavy (non-hydrogen) atoms. The van der Waals surface area contributed by atoms with Crippen LogP contribution in [0.4, 0.5) is 0 Å². The SMILES string of the molecule is CCC(C/C(N)=N/O)N(CC)C1CC1. The van der Waals surface area contributed by atoms with Gasteiger partial charge in [-0.1, -0.05) is 19.0 Å². The third kappa shape index (κ3) is 2.87. The zero-order valence-corrected chi connectivity index (χ0v) is 9.11. The van der Waals surface area contributed by atoms with E-state index in [4.69, 9.17) is 10.9 Å². The van der Waals surface area contributed by atoms with Crippen LogP contribution in [-0.4, -0.2) is 34.6 Å². The van der Waals surface area contributed by atoms with Crippen molar-refractivity contribution < 1.29 is 5.21 Å². The summed E-state index contributed by atoms with van der Waals surface area (Å²) >= 11 is 0. The van der Waals surface area contributed by atoms with Crippen molar-refractivity contribution in [2.45, 2.75) is 51.6 Å². The topological polar surface area (TPSA) is 61.9 Å². The Labute approximate surface area is 85.8 Å². The fraction of sp³-hybridized carbons (Fsp3) is 0.900. The van der Waals surface area contributed by atoms with Crippen LogP contribution in [0.1, 0.15) is 39.5 Å².